The van der Waals surface area contributed by atoms with E-state index in [4.69, 9.17) is 0 Å². The number of hydrogen-bond donors (Lipinski definition) is 1. The molecule has 1 N–H and O–H groups in total. The zero-order valence-electron chi connectivity index (χ0n) is 10.9. The summed E-state index contributed by atoms with van der Waals surface area (Å²) in [5.41, 5.74) is 0. The highest BCUT2D eigenvalue weighted by atomic mass is 16.5. The van der Waals surface area contributed by atoms with Crippen LogP contribution in [0.25, 0.3) is 0 Å². The number of imide groups is 1. The maximum absolute atomic E-state index is 11.5. The second kappa shape index (κ2) is 7.10. The van der Waals surface area contributed by atoms with Crippen molar-refractivity contribution in [2.24, 2.45) is 0 Å². The first kappa shape index (κ1) is 14.6. The van der Waals surface area contributed by atoms with Crippen LogP contribution in [0.2, 0.25) is 0 Å². The van der Waals surface area contributed by atoms with Crippen molar-refractivity contribution in [3.63, 3.8) is 0 Å². The van der Waals surface area contributed by atoms with Crippen molar-refractivity contribution in [2.45, 2.75) is 38.6 Å². The number of carbonyl (C=O) groups excluding carboxylic acids is 3. The van der Waals surface area contributed by atoms with Crippen molar-refractivity contribution in [3.05, 3.63) is 0 Å². The molecule has 1 atom stereocenters. The fourth-order valence-electron chi connectivity index (χ4n) is 1.89. The summed E-state index contributed by atoms with van der Waals surface area (Å²) in [6.07, 6.45) is 1.85. The predicted octanol–water partition coefficient (Wildman–Crippen LogP) is 0.0667. The van der Waals surface area contributed by atoms with Crippen LogP contribution >= 0.6 is 0 Å². The van der Waals surface area contributed by atoms with Crippen LogP contribution in [0, 0.1) is 0 Å². The van der Waals surface area contributed by atoms with Gasteiger partial charge in [-0.1, -0.05) is 6.92 Å². The fraction of sp³-hybridized carbons (Fsp3) is 0.750. The maximum atomic E-state index is 11.5. The molecule has 0 radical (unpaired) electrons. The molecule has 1 unspecified atom stereocenters. The molecule has 0 aromatic heterocycles. The monoisotopic (exact) mass is 256 g/mol. The van der Waals surface area contributed by atoms with Crippen molar-refractivity contribution in [3.8, 4) is 0 Å². The summed E-state index contributed by atoms with van der Waals surface area (Å²) in [6, 6.07) is -0.462. The summed E-state index contributed by atoms with van der Waals surface area (Å²) >= 11 is 0. The first-order chi connectivity index (χ1) is 8.60. The highest BCUT2D eigenvalue weighted by Crippen LogP contribution is 2.12. The second-order valence-electron chi connectivity index (χ2n) is 4.26. The number of hydrogen-bond acceptors (Lipinski definition) is 5. The van der Waals surface area contributed by atoms with Crippen LogP contribution in [0.1, 0.15) is 32.6 Å². The zero-order chi connectivity index (χ0) is 13.5. The molecule has 0 saturated carbocycles. The third-order valence-corrected chi connectivity index (χ3v) is 2.92. The number of methoxy groups -OCH3 is 1. The predicted molar refractivity (Wildman–Crippen MR) is 64.7 cm³/mol. The first-order valence-electron chi connectivity index (χ1n) is 6.24. The standard InChI is InChI=1S/C12H20N2O4/c1-3-7-13-9(12(17)18-2)6-8-14-10(15)4-5-11(14)16/h9,13H,3-8H2,1-2H3. The van der Waals surface area contributed by atoms with Crippen molar-refractivity contribution >= 4 is 17.8 Å². The van der Waals surface area contributed by atoms with E-state index in [0.29, 0.717) is 13.0 Å². The van der Waals surface area contributed by atoms with E-state index < -0.39 is 6.04 Å². The van der Waals surface area contributed by atoms with E-state index in [2.05, 4.69) is 10.1 Å². The number of carbonyl (C=O) groups is 3. The number of likely N-dealkylation sites (tertiary alicyclic amines) is 1. The molecule has 102 valence electrons. The summed E-state index contributed by atoms with van der Waals surface area (Å²) in [7, 11) is 1.33. The minimum Gasteiger partial charge on any atom is -0.468 e. The first-order valence-corrected chi connectivity index (χ1v) is 6.24. The molecular formula is C12H20N2O4. The SMILES string of the molecule is CCCNC(CCN1C(=O)CCC1=O)C(=O)OC. The van der Waals surface area contributed by atoms with Crippen LogP contribution in [0.5, 0.6) is 0 Å². The van der Waals surface area contributed by atoms with E-state index in [1.54, 1.807) is 0 Å². The molecule has 1 aliphatic heterocycles. The summed E-state index contributed by atoms with van der Waals surface area (Å²) in [5, 5.41) is 3.05. The number of nitrogens with zero attached hydrogens (tertiary/aromatic N) is 1. The lowest BCUT2D eigenvalue weighted by molar-refractivity contribution is -0.145. The Balaban J connectivity index is 2.48. The summed E-state index contributed by atoms with van der Waals surface area (Å²) < 4.78 is 4.69. The summed E-state index contributed by atoms with van der Waals surface area (Å²) in [4.78, 5) is 35.6. The van der Waals surface area contributed by atoms with Crippen molar-refractivity contribution < 1.29 is 19.1 Å². The number of rotatable bonds is 7. The lowest BCUT2D eigenvalue weighted by Gasteiger charge is -2.19. The Morgan fingerprint density at radius 2 is 2.00 bits per heavy atom. The molecule has 1 heterocycles. The van der Waals surface area contributed by atoms with Gasteiger partial charge in [0.2, 0.25) is 11.8 Å². The molecular weight excluding hydrogens is 236 g/mol. The van der Waals surface area contributed by atoms with Gasteiger partial charge < -0.3 is 10.1 Å². The third-order valence-electron chi connectivity index (χ3n) is 2.92. The molecule has 1 rings (SSSR count). The molecule has 0 aromatic carbocycles. The highest BCUT2D eigenvalue weighted by Gasteiger charge is 2.30. The Bertz CT molecular complexity index is 314. The number of ether oxygens (including phenoxy) is 1. The Morgan fingerprint density at radius 3 is 2.50 bits per heavy atom. The topological polar surface area (TPSA) is 75.7 Å². The van der Waals surface area contributed by atoms with E-state index in [9.17, 15) is 14.4 Å². The van der Waals surface area contributed by atoms with Gasteiger partial charge in [-0.15, -0.1) is 0 Å². The normalized spacial score (nSPS) is 17.1. The van der Waals surface area contributed by atoms with Crippen LogP contribution in [0.15, 0.2) is 0 Å². The molecule has 6 nitrogen and oxygen atoms in total. The van der Waals surface area contributed by atoms with Crippen LogP contribution in [-0.4, -0.2) is 48.9 Å². The Hall–Kier alpha value is -1.43. The van der Waals surface area contributed by atoms with Gasteiger partial charge in [-0.2, -0.15) is 0 Å². The largest absolute Gasteiger partial charge is 0.468 e. The highest BCUT2D eigenvalue weighted by molar-refractivity contribution is 6.01. The number of amides is 2. The average molecular weight is 256 g/mol. The van der Waals surface area contributed by atoms with Crippen LogP contribution in [-0.2, 0) is 19.1 Å². The fourth-order valence-corrected chi connectivity index (χ4v) is 1.89. The number of esters is 1. The second-order valence-corrected chi connectivity index (χ2v) is 4.26. The van der Waals surface area contributed by atoms with E-state index in [1.807, 2.05) is 6.92 Å². The minimum absolute atomic E-state index is 0.154. The van der Waals surface area contributed by atoms with E-state index in [-0.39, 0.29) is 37.2 Å². The molecule has 0 aliphatic carbocycles. The lowest BCUT2D eigenvalue weighted by Crippen LogP contribution is -2.42. The molecule has 0 spiro atoms. The van der Waals surface area contributed by atoms with Gasteiger partial charge in [-0.05, 0) is 19.4 Å². The third kappa shape index (κ3) is 3.80. The van der Waals surface area contributed by atoms with Gasteiger partial charge in [-0.25, -0.2) is 0 Å². The van der Waals surface area contributed by atoms with Crippen LogP contribution in [0.3, 0.4) is 0 Å². The molecule has 1 aliphatic rings. The van der Waals surface area contributed by atoms with Crippen LogP contribution in [0.4, 0.5) is 0 Å². The van der Waals surface area contributed by atoms with Gasteiger partial charge in [0.15, 0.2) is 0 Å². The van der Waals surface area contributed by atoms with Crippen molar-refractivity contribution in [1.29, 1.82) is 0 Å². The van der Waals surface area contributed by atoms with Gasteiger partial charge in [-0.3, -0.25) is 19.3 Å². The Labute approximate surface area is 107 Å². The molecule has 18 heavy (non-hydrogen) atoms. The van der Waals surface area contributed by atoms with Gasteiger partial charge in [0.25, 0.3) is 0 Å². The van der Waals surface area contributed by atoms with Gasteiger partial charge in [0.1, 0.15) is 6.04 Å². The van der Waals surface area contributed by atoms with Gasteiger partial charge in [0, 0.05) is 19.4 Å². The van der Waals surface area contributed by atoms with Gasteiger partial charge in [0.05, 0.1) is 7.11 Å². The van der Waals surface area contributed by atoms with E-state index in [1.165, 1.54) is 12.0 Å². The Morgan fingerprint density at radius 1 is 1.39 bits per heavy atom. The molecule has 2 amide bonds. The van der Waals surface area contributed by atoms with Crippen molar-refractivity contribution in [1.82, 2.24) is 10.2 Å². The molecule has 6 heteroatoms. The van der Waals surface area contributed by atoms with E-state index >= 15 is 0 Å². The minimum atomic E-state index is -0.462. The molecule has 0 bridgehead atoms. The van der Waals surface area contributed by atoms with Crippen molar-refractivity contribution in [2.75, 3.05) is 20.2 Å². The maximum Gasteiger partial charge on any atom is 0.322 e. The summed E-state index contributed by atoms with van der Waals surface area (Å²) in [5.74, 6) is -0.666. The smallest absolute Gasteiger partial charge is 0.322 e. The van der Waals surface area contributed by atoms with Gasteiger partial charge >= 0.3 is 5.97 Å². The molecule has 1 saturated heterocycles. The van der Waals surface area contributed by atoms with Crippen LogP contribution < -0.4 is 5.32 Å². The summed E-state index contributed by atoms with van der Waals surface area (Å²) in [6.45, 7) is 2.96. The molecule has 0 aromatic rings. The Kier molecular flexibility index (Phi) is 5.77. The number of nitrogens with one attached hydrogen (secondary N) is 1. The molecule has 1 fully saturated rings. The lowest BCUT2D eigenvalue weighted by atomic mass is 10.2. The average Bonchev–Trinajstić information content (AvgIpc) is 2.69. The quantitative estimate of drug-likeness (QED) is 0.515. The zero-order valence-corrected chi connectivity index (χ0v) is 10.9. The van der Waals surface area contributed by atoms with E-state index in [0.717, 1.165) is 6.42 Å².